The third kappa shape index (κ3) is 4.60. The summed E-state index contributed by atoms with van der Waals surface area (Å²) in [5, 5.41) is 7.62. The number of rotatable bonds is 6. The van der Waals surface area contributed by atoms with E-state index in [0.29, 0.717) is 12.1 Å². The molecule has 0 radical (unpaired) electrons. The van der Waals surface area contributed by atoms with Crippen molar-refractivity contribution in [2.24, 2.45) is 0 Å². The van der Waals surface area contributed by atoms with Crippen molar-refractivity contribution in [3.63, 3.8) is 0 Å². The average molecular weight is 377 g/mol. The molecule has 0 aliphatic carbocycles. The van der Waals surface area contributed by atoms with Gasteiger partial charge in [0.1, 0.15) is 5.75 Å². The molecule has 0 spiro atoms. The minimum absolute atomic E-state index is 0.101. The van der Waals surface area contributed by atoms with Gasteiger partial charge in [0, 0.05) is 5.56 Å². The van der Waals surface area contributed by atoms with Gasteiger partial charge in [-0.2, -0.15) is 5.10 Å². The van der Waals surface area contributed by atoms with E-state index in [1.807, 2.05) is 50.6 Å². The first kappa shape index (κ1) is 19.7. The molecule has 5 heteroatoms. The Kier molecular flexibility index (Phi) is 5.83. The molecule has 3 rings (SSSR count). The van der Waals surface area contributed by atoms with Crippen molar-refractivity contribution in [3.05, 3.63) is 76.6 Å². The molecule has 1 amide bonds. The van der Waals surface area contributed by atoms with Gasteiger partial charge in [0.2, 0.25) is 0 Å². The van der Waals surface area contributed by atoms with Gasteiger partial charge in [-0.3, -0.25) is 9.48 Å². The molecule has 1 heterocycles. The molecule has 1 N–H and O–H groups in total. The zero-order valence-corrected chi connectivity index (χ0v) is 17.1. The molecule has 5 nitrogen and oxygen atoms in total. The Morgan fingerprint density at radius 1 is 1.11 bits per heavy atom. The van der Waals surface area contributed by atoms with Gasteiger partial charge >= 0.3 is 0 Å². The Morgan fingerprint density at radius 2 is 1.82 bits per heavy atom. The number of hydrogen-bond acceptors (Lipinski definition) is 3. The molecule has 0 aliphatic rings. The largest absolute Gasteiger partial charge is 0.491 e. The number of ether oxygens (including phenoxy) is 1. The normalized spacial score (nSPS) is 10.9. The Hall–Kier alpha value is -3.08. The first-order valence-electron chi connectivity index (χ1n) is 9.51. The van der Waals surface area contributed by atoms with E-state index in [-0.39, 0.29) is 12.0 Å². The molecular formula is C23H27N3O2. The zero-order valence-electron chi connectivity index (χ0n) is 17.1. The lowest BCUT2D eigenvalue weighted by Crippen LogP contribution is -2.13. The quantitative estimate of drug-likeness (QED) is 0.665. The van der Waals surface area contributed by atoms with Crippen LogP contribution in [-0.4, -0.2) is 21.8 Å². The van der Waals surface area contributed by atoms with E-state index < -0.39 is 0 Å². The molecule has 0 bridgehead atoms. The fourth-order valence-corrected chi connectivity index (χ4v) is 3.16. The first-order valence-corrected chi connectivity index (χ1v) is 9.51. The third-order valence-electron chi connectivity index (χ3n) is 4.52. The molecule has 28 heavy (non-hydrogen) atoms. The van der Waals surface area contributed by atoms with Gasteiger partial charge in [-0.1, -0.05) is 29.8 Å². The number of amides is 1. The van der Waals surface area contributed by atoms with Crippen molar-refractivity contribution >= 4 is 11.6 Å². The van der Waals surface area contributed by atoms with Crippen LogP contribution in [0.4, 0.5) is 5.69 Å². The van der Waals surface area contributed by atoms with Gasteiger partial charge in [-0.25, -0.2) is 0 Å². The van der Waals surface area contributed by atoms with E-state index >= 15 is 0 Å². The highest BCUT2D eigenvalue weighted by Gasteiger charge is 2.15. The van der Waals surface area contributed by atoms with E-state index in [2.05, 4.69) is 35.5 Å². The van der Waals surface area contributed by atoms with E-state index in [9.17, 15) is 4.79 Å². The van der Waals surface area contributed by atoms with Gasteiger partial charge in [0.25, 0.3) is 5.91 Å². The molecule has 146 valence electrons. The molecule has 1 aromatic heterocycles. The standard InChI is InChI=1S/C23H27N3O2/c1-15(2)28-21-11-9-20(10-12-21)23(27)24-22-17(4)25-26(18(22)5)14-19-8-6-7-16(3)13-19/h6-13,15H,14H2,1-5H3,(H,24,27). The number of carbonyl (C=O) groups excluding carboxylic acids is 1. The van der Waals surface area contributed by atoms with Crippen molar-refractivity contribution in [2.45, 2.75) is 47.3 Å². The summed E-state index contributed by atoms with van der Waals surface area (Å²) in [6.07, 6.45) is 0.101. The Morgan fingerprint density at radius 3 is 2.46 bits per heavy atom. The maximum Gasteiger partial charge on any atom is 0.255 e. The van der Waals surface area contributed by atoms with Crippen LogP contribution in [0, 0.1) is 20.8 Å². The number of nitrogens with one attached hydrogen (secondary N) is 1. The highest BCUT2D eigenvalue weighted by atomic mass is 16.5. The summed E-state index contributed by atoms with van der Waals surface area (Å²) >= 11 is 0. The highest BCUT2D eigenvalue weighted by Crippen LogP contribution is 2.22. The van der Waals surface area contributed by atoms with Crippen LogP contribution in [0.5, 0.6) is 5.75 Å². The minimum Gasteiger partial charge on any atom is -0.491 e. The van der Waals surface area contributed by atoms with Crippen molar-refractivity contribution < 1.29 is 9.53 Å². The van der Waals surface area contributed by atoms with Gasteiger partial charge in [-0.15, -0.1) is 0 Å². The molecular weight excluding hydrogens is 350 g/mol. The van der Waals surface area contributed by atoms with Crippen molar-refractivity contribution in [2.75, 3.05) is 5.32 Å². The fourth-order valence-electron chi connectivity index (χ4n) is 3.16. The fraction of sp³-hybridized carbons (Fsp3) is 0.304. The van der Waals surface area contributed by atoms with Crippen LogP contribution in [0.2, 0.25) is 0 Å². The molecule has 0 unspecified atom stereocenters. The summed E-state index contributed by atoms with van der Waals surface area (Å²) in [6, 6.07) is 15.5. The Labute approximate surface area is 166 Å². The molecule has 3 aromatic rings. The maximum absolute atomic E-state index is 12.7. The van der Waals surface area contributed by atoms with Gasteiger partial charge in [0.05, 0.1) is 29.7 Å². The summed E-state index contributed by atoms with van der Waals surface area (Å²) in [4.78, 5) is 12.7. The van der Waals surface area contributed by atoms with Crippen LogP contribution in [0.3, 0.4) is 0 Å². The number of aromatic nitrogens is 2. The van der Waals surface area contributed by atoms with Gasteiger partial charge in [-0.05, 0) is 64.4 Å². The summed E-state index contributed by atoms with van der Waals surface area (Å²) in [7, 11) is 0. The molecule has 0 aliphatic heterocycles. The van der Waals surface area contributed by atoms with Crippen LogP contribution >= 0.6 is 0 Å². The van der Waals surface area contributed by atoms with Crippen molar-refractivity contribution in [1.29, 1.82) is 0 Å². The molecule has 0 saturated carbocycles. The van der Waals surface area contributed by atoms with Gasteiger partial charge in [0.15, 0.2) is 0 Å². The monoisotopic (exact) mass is 377 g/mol. The number of anilines is 1. The summed E-state index contributed by atoms with van der Waals surface area (Å²) < 4.78 is 7.56. The zero-order chi connectivity index (χ0) is 20.3. The van der Waals surface area contributed by atoms with E-state index in [0.717, 1.165) is 22.8 Å². The number of benzene rings is 2. The summed E-state index contributed by atoms with van der Waals surface area (Å²) in [5.74, 6) is 0.599. The average Bonchev–Trinajstić information content (AvgIpc) is 2.89. The molecule has 0 saturated heterocycles. The molecule has 2 aromatic carbocycles. The van der Waals surface area contributed by atoms with Crippen molar-refractivity contribution in [3.8, 4) is 5.75 Å². The lowest BCUT2D eigenvalue weighted by Gasteiger charge is -2.10. The Bertz CT molecular complexity index is 972. The lowest BCUT2D eigenvalue weighted by atomic mass is 10.1. The topological polar surface area (TPSA) is 56.2 Å². The highest BCUT2D eigenvalue weighted by molar-refractivity contribution is 6.04. The van der Waals surface area contributed by atoms with Crippen molar-refractivity contribution in [1.82, 2.24) is 9.78 Å². The smallest absolute Gasteiger partial charge is 0.255 e. The van der Waals surface area contributed by atoms with Crippen LogP contribution in [0.15, 0.2) is 48.5 Å². The van der Waals surface area contributed by atoms with E-state index in [1.165, 1.54) is 11.1 Å². The number of carbonyl (C=O) groups is 1. The Balaban J connectivity index is 1.75. The number of aryl methyl sites for hydroxylation is 2. The predicted molar refractivity (Wildman–Crippen MR) is 112 cm³/mol. The summed E-state index contributed by atoms with van der Waals surface area (Å²) in [6.45, 7) is 10.6. The lowest BCUT2D eigenvalue weighted by molar-refractivity contribution is 0.102. The second kappa shape index (κ2) is 8.30. The SMILES string of the molecule is Cc1cccc(Cn2nc(C)c(NC(=O)c3ccc(OC(C)C)cc3)c2C)c1. The summed E-state index contributed by atoms with van der Waals surface area (Å²) in [5.41, 5.74) is 5.49. The van der Waals surface area contributed by atoms with E-state index in [4.69, 9.17) is 4.74 Å². The van der Waals surface area contributed by atoms with Crippen LogP contribution < -0.4 is 10.1 Å². The molecule has 0 fully saturated rings. The number of nitrogens with zero attached hydrogens (tertiary/aromatic N) is 2. The third-order valence-corrected chi connectivity index (χ3v) is 4.52. The maximum atomic E-state index is 12.7. The molecule has 0 atom stereocenters. The van der Waals surface area contributed by atoms with Crippen LogP contribution in [0.1, 0.15) is 46.7 Å². The predicted octanol–water partition coefficient (Wildman–Crippen LogP) is 4.90. The van der Waals surface area contributed by atoms with E-state index in [1.54, 1.807) is 12.1 Å². The minimum atomic E-state index is -0.155. The van der Waals surface area contributed by atoms with Gasteiger partial charge < -0.3 is 10.1 Å². The van der Waals surface area contributed by atoms with Crippen LogP contribution in [0.25, 0.3) is 0 Å². The second-order valence-corrected chi connectivity index (χ2v) is 7.34. The second-order valence-electron chi connectivity index (χ2n) is 7.34. The number of hydrogen-bond donors (Lipinski definition) is 1. The van der Waals surface area contributed by atoms with Crippen LogP contribution in [-0.2, 0) is 6.54 Å². The first-order chi connectivity index (χ1) is 13.3.